The molecule has 0 aliphatic carbocycles. The normalized spacial score (nSPS) is 8.57. The maximum atomic E-state index is 7.33. The molecule has 0 aromatic heterocycles. The van der Waals surface area contributed by atoms with Gasteiger partial charge in [0.05, 0.1) is 0 Å². The first-order valence-electron chi connectivity index (χ1n) is 0.894. The molecule has 0 aromatic carbocycles. The summed E-state index contributed by atoms with van der Waals surface area (Å²) in [6, 6.07) is 0. The average molecular weight is 215 g/mol. The molecule has 0 rings (SSSR count). The zero-order chi connectivity index (χ0) is 4.50. The molecule has 0 aliphatic heterocycles. The van der Waals surface area contributed by atoms with Gasteiger partial charge in [-0.25, -0.2) is 0 Å². The Morgan fingerprint density at radius 2 is 0.857 bits per heavy atom. The van der Waals surface area contributed by atoms with Crippen LogP contribution in [-0.4, -0.2) is 57.8 Å². The first-order chi connectivity index (χ1) is 2.00. The van der Waals surface area contributed by atoms with Gasteiger partial charge in [0, 0.05) is 50.6 Å². The Morgan fingerprint density at radius 3 is 0.857 bits per heavy atom. The molecule has 0 amide bonds. The van der Waals surface area contributed by atoms with Crippen molar-refractivity contribution in [3.8, 4) is 0 Å². The number of hydrogen-bond donors (Lipinski definition) is 4. The van der Waals surface area contributed by atoms with Gasteiger partial charge in [0.1, 0.15) is 0 Å². The summed E-state index contributed by atoms with van der Waals surface area (Å²) in [5, 5.41) is 0. The molecule has 0 bridgehead atoms. The predicted molar refractivity (Wildman–Crippen MR) is 20.4 cm³/mol. The van der Waals surface area contributed by atoms with E-state index in [4.69, 9.17) is 19.2 Å². The molecule has 0 aromatic rings. The Balaban J connectivity index is -0.0000000800. The molecule has 1 radical (unpaired) electrons. The number of hydrogen-bond acceptors (Lipinski definition) is 4. The van der Waals surface area contributed by atoms with E-state index in [-0.39, 0.29) is 50.6 Å². The van der Waals surface area contributed by atoms with Gasteiger partial charge in [-0.1, -0.05) is 0 Å². The fourth-order valence-corrected chi connectivity index (χ4v) is 0. The van der Waals surface area contributed by atoms with Crippen LogP contribution in [0.3, 0.4) is 0 Å². The third-order valence-electron chi connectivity index (χ3n) is 0. The second-order valence-corrected chi connectivity index (χ2v) is 1.80. The van der Waals surface area contributed by atoms with Crippen molar-refractivity contribution < 1.29 is 40.2 Å². The first kappa shape index (κ1) is 15.9. The summed E-state index contributed by atoms with van der Waals surface area (Å²) in [6.07, 6.45) is 0. The third kappa shape index (κ3) is 83.9. The van der Waals surface area contributed by atoms with Crippen molar-refractivity contribution in [1.82, 2.24) is 0 Å². The summed E-state index contributed by atoms with van der Waals surface area (Å²) < 4.78 is 0. The van der Waals surface area contributed by atoms with Crippen LogP contribution in [-0.2, 0) is 21.1 Å². The van der Waals surface area contributed by atoms with E-state index in [0.29, 0.717) is 0 Å². The van der Waals surface area contributed by atoms with Gasteiger partial charge in [0.25, 0.3) is 0 Å². The SMILES string of the molecule is O[Si](O)(O)O.[Mo].[Na]. The largest absolute Gasteiger partial charge is 0.668 e. The quantitative estimate of drug-likeness (QED) is 0.325. The summed E-state index contributed by atoms with van der Waals surface area (Å²) in [6.45, 7) is 0. The van der Waals surface area contributed by atoms with Gasteiger partial charge in [-0.2, -0.15) is 0 Å². The molecule has 0 unspecified atom stereocenters. The minimum atomic E-state index is -4.61. The van der Waals surface area contributed by atoms with Crippen molar-refractivity contribution in [1.29, 1.82) is 0 Å². The summed E-state index contributed by atoms with van der Waals surface area (Å²) >= 11 is 0. The van der Waals surface area contributed by atoms with Crippen LogP contribution >= 0.6 is 0 Å². The average Bonchev–Trinajstić information content (AvgIpc) is 0.722. The van der Waals surface area contributed by atoms with E-state index in [0.717, 1.165) is 0 Å². The second-order valence-electron chi connectivity index (χ2n) is 0.600. The third-order valence-corrected chi connectivity index (χ3v) is 0. The molecule has 39 valence electrons. The zero-order valence-electron chi connectivity index (χ0n) is 3.70. The van der Waals surface area contributed by atoms with Crippen molar-refractivity contribution in [2.75, 3.05) is 0 Å². The van der Waals surface area contributed by atoms with Crippen LogP contribution in [0.15, 0.2) is 0 Å². The molecule has 7 heteroatoms. The maximum Gasteiger partial charge on any atom is 0.668 e. The van der Waals surface area contributed by atoms with Crippen LogP contribution in [0.25, 0.3) is 0 Å². The zero-order valence-corrected chi connectivity index (χ0v) is 8.70. The topological polar surface area (TPSA) is 80.9 Å². The smallest absolute Gasteiger partial charge is 0.368 e. The second kappa shape index (κ2) is 5.87. The molecule has 0 aliphatic rings. The van der Waals surface area contributed by atoms with Gasteiger partial charge in [-0.3, -0.25) is 0 Å². The Kier molecular flexibility index (Phi) is 13.3. The predicted octanol–water partition coefficient (Wildman–Crippen LogP) is -2.99. The Morgan fingerprint density at radius 1 is 0.857 bits per heavy atom. The molecule has 0 atom stereocenters. The van der Waals surface area contributed by atoms with E-state index in [1.165, 1.54) is 0 Å². The molecular weight excluding hydrogens is 211 g/mol. The van der Waals surface area contributed by atoms with E-state index in [9.17, 15) is 0 Å². The standard InChI is InChI=1S/Mo.Na.H4O4Si/c;;1-5(2,3)4/h;;1-4H. The van der Waals surface area contributed by atoms with Crippen LogP contribution in [0.1, 0.15) is 0 Å². The van der Waals surface area contributed by atoms with E-state index in [2.05, 4.69) is 0 Å². The van der Waals surface area contributed by atoms with E-state index < -0.39 is 9.05 Å². The maximum absolute atomic E-state index is 7.33. The molecular formula is H4MoNaO4Si. The summed E-state index contributed by atoms with van der Waals surface area (Å²) in [7, 11) is -4.61. The Bertz CT molecular complexity index is 27.2. The minimum Gasteiger partial charge on any atom is -0.368 e. The summed E-state index contributed by atoms with van der Waals surface area (Å²) in [5.74, 6) is 0. The van der Waals surface area contributed by atoms with Crippen molar-refractivity contribution >= 4 is 38.6 Å². The van der Waals surface area contributed by atoms with Gasteiger partial charge in [-0.15, -0.1) is 0 Å². The number of rotatable bonds is 0. The van der Waals surface area contributed by atoms with Crippen LogP contribution in [0.5, 0.6) is 0 Å². The van der Waals surface area contributed by atoms with Gasteiger partial charge >= 0.3 is 9.05 Å². The van der Waals surface area contributed by atoms with Crippen molar-refractivity contribution in [3.05, 3.63) is 0 Å². The van der Waals surface area contributed by atoms with Crippen LogP contribution in [0.4, 0.5) is 0 Å². The monoisotopic (exact) mass is 217 g/mol. The summed E-state index contributed by atoms with van der Waals surface area (Å²) in [5.41, 5.74) is 0. The van der Waals surface area contributed by atoms with Crippen LogP contribution in [0.2, 0.25) is 0 Å². The van der Waals surface area contributed by atoms with Gasteiger partial charge in [0.2, 0.25) is 0 Å². The van der Waals surface area contributed by atoms with E-state index >= 15 is 0 Å². The van der Waals surface area contributed by atoms with Crippen LogP contribution in [0, 0.1) is 0 Å². The summed E-state index contributed by atoms with van der Waals surface area (Å²) in [4.78, 5) is 29.3. The van der Waals surface area contributed by atoms with Gasteiger partial charge in [0.15, 0.2) is 0 Å². The molecule has 4 N–H and O–H groups in total. The first-order valence-corrected chi connectivity index (χ1v) is 2.68. The van der Waals surface area contributed by atoms with Crippen molar-refractivity contribution in [2.24, 2.45) is 0 Å². The van der Waals surface area contributed by atoms with Crippen molar-refractivity contribution in [2.45, 2.75) is 0 Å². The molecule has 0 fully saturated rings. The molecule has 0 heterocycles. The van der Waals surface area contributed by atoms with Crippen molar-refractivity contribution in [3.63, 3.8) is 0 Å². The molecule has 4 nitrogen and oxygen atoms in total. The Hall–Kier alpha value is 1.75. The molecule has 0 saturated heterocycles. The molecule has 0 spiro atoms. The molecule has 7 heavy (non-hydrogen) atoms. The van der Waals surface area contributed by atoms with E-state index in [1.54, 1.807) is 0 Å². The minimum absolute atomic E-state index is 0. The van der Waals surface area contributed by atoms with E-state index in [1.807, 2.05) is 0 Å². The van der Waals surface area contributed by atoms with Gasteiger partial charge < -0.3 is 19.2 Å². The fourth-order valence-electron chi connectivity index (χ4n) is 0. The Labute approximate surface area is 78.2 Å². The van der Waals surface area contributed by atoms with Gasteiger partial charge in [-0.05, 0) is 0 Å². The fraction of sp³-hybridized carbons (Fsp3) is 0. The van der Waals surface area contributed by atoms with Crippen LogP contribution < -0.4 is 0 Å². The molecule has 0 saturated carbocycles.